The molecular weight excluding hydrogens is 238 g/mol. The van der Waals surface area contributed by atoms with Crippen molar-refractivity contribution in [2.75, 3.05) is 13.7 Å². The highest BCUT2D eigenvalue weighted by Crippen LogP contribution is 2.28. The monoisotopic (exact) mass is 257 g/mol. The molecule has 0 bridgehead atoms. The summed E-state index contributed by atoms with van der Waals surface area (Å²) in [4.78, 5) is 0. The van der Waals surface area contributed by atoms with Crippen LogP contribution in [0.4, 0.5) is 0 Å². The van der Waals surface area contributed by atoms with E-state index in [0.717, 1.165) is 17.1 Å². The van der Waals surface area contributed by atoms with E-state index in [0.29, 0.717) is 6.54 Å². The largest absolute Gasteiger partial charge is 0.496 e. The first-order valence-electron chi connectivity index (χ1n) is 6.31. The molecule has 2 aromatic carbocycles. The zero-order valence-corrected chi connectivity index (χ0v) is 11.3. The summed E-state index contributed by atoms with van der Waals surface area (Å²) in [5, 5.41) is 0. The molecule has 0 spiro atoms. The van der Waals surface area contributed by atoms with Gasteiger partial charge in [-0.05, 0) is 25.1 Å². The molecule has 1 atom stereocenters. The standard InChI is InChI=1S/C16H19NO2/c1-12-7-9-13(10-8-12)19-16(11-17)14-5-3-4-6-15(14)18-2/h3-10,16H,11,17H2,1-2H3. The van der Waals surface area contributed by atoms with E-state index in [-0.39, 0.29) is 6.10 Å². The Labute approximate surface area is 114 Å². The van der Waals surface area contributed by atoms with E-state index in [9.17, 15) is 0 Å². The smallest absolute Gasteiger partial charge is 0.139 e. The number of para-hydroxylation sites is 1. The second-order valence-electron chi connectivity index (χ2n) is 4.40. The molecular formula is C16H19NO2. The molecule has 3 nitrogen and oxygen atoms in total. The molecule has 100 valence electrons. The molecule has 0 saturated carbocycles. The van der Waals surface area contributed by atoms with Crippen LogP contribution in [0.5, 0.6) is 11.5 Å². The lowest BCUT2D eigenvalue weighted by molar-refractivity contribution is 0.209. The van der Waals surface area contributed by atoms with Crippen LogP contribution >= 0.6 is 0 Å². The van der Waals surface area contributed by atoms with Crippen LogP contribution in [0.25, 0.3) is 0 Å². The van der Waals surface area contributed by atoms with Crippen LogP contribution in [0.2, 0.25) is 0 Å². The molecule has 0 heterocycles. The van der Waals surface area contributed by atoms with Crippen molar-refractivity contribution in [1.82, 2.24) is 0 Å². The Morgan fingerprint density at radius 2 is 1.74 bits per heavy atom. The van der Waals surface area contributed by atoms with Gasteiger partial charge in [0.2, 0.25) is 0 Å². The van der Waals surface area contributed by atoms with Crippen LogP contribution in [0.1, 0.15) is 17.2 Å². The summed E-state index contributed by atoms with van der Waals surface area (Å²) in [5.74, 6) is 1.61. The summed E-state index contributed by atoms with van der Waals surface area (Å²) in [5.41, 5.74) is 7.99. The van der Waals surface area contributed by atoms with Gasteiger partial charge in [-0.2, -0.15) is 0 Å². The Hall–Kier alpha value is -2.00. The van der Waals surface area contributed by atoms with Crippen molar-refractivity contribution in [3.8, 4) is 11.5 Å². The van der Waals surface area contributed by atoms with Gasteiger partial charge in [0.25, 0.3) is 0 Å². The molecule has 2 rings (SSSR count). The van der Waals surface area contributed by atoms with Crippen molar-refractivity contribution in [3.05, 3.63) is 59.7 Å². The lowest BCUT2D eigenvalue weighted by Crippen LogP contribution is -2.19. The molecule has 19 heavy (non-hydrogen) atoms. The number of hydrogen-bond acceptors (Lipinski definition) is 3. The van der Waals surface area contributed by atoms with E-state index < -0.39 is 0 Å². The van der Waals surface area contributed by atoms with E-state index in [4.69, 9.17) is 15.2 Å². The van der Waals surface area contributed by atoms with Gasteiger partial charge in [-0.25, -0.2) is 0 Å². The summed E-state index contributed by atoms with van der Waals surface area (Å²) in [6, 6.07) is 15.7. The predicted molar refractivity (Wildman–Crippen MR) is 76.6 cm³/mol. The van der Waals surface area contributed by atoms with Gasteiger partial charge < -0.3 is 15.2 Å². The van der Waals surface area contributed by atoms with Crippen molar-refractivity contribution in [2.45, 2.75) is 13.0 Å². The van der Waals surface area contributed by atoms with E-state index >= 15 is 0 Å². The number of nitrogens with two attached hydrogens (primary N) is 1. The van der Waals surface area contributed by atoms with Gasteiger partial charge in [0.15, 0.2) is 0 Å². The molecule has 0 saturated heterocycles. The molecule has 0 fully saturated rings. The summed E-state index contributed by atoms with van der Waals surface area (Å²) in [6.07, 6.45) is -0.209. The van der Waals surface area contributed by atoms with Crippen molar-refractivity contribution in [2.24, 2.45) is 5.73 Å². The zero-order chi connectivity index (χ0) is 13.7. The predicted octanol–water partition coefficient (Wildman–Crippen LogP) is 3.08. The van der Waals surface area contributed by atoms with Gasteiger partial charge in [0.05, 0.1) is 7.11 Å². The first kappa shape index (κ1) is 13.4. The van der Waals surface area contributed by atoms with Gasteiger partial charge in [0.1, 0.15) is 17.6 Å². The lowest BCUT2D eigenvalue weighted by Gasteiger charge is -2.20. The van der Waals surface area contributed by atoms with Crippen LogP contribution in [0.3, 0.4) is 0 Å². The molecule has 2 aromatic rings. The quantitative estimate of drug-likeness (QED) is 0.895. The summed E-state index contributed by atoms with van der Waals surface area (Å²) < 4.78 is 11.3. The van der Waals surface area contributed by atoms with Gasteiger partial charge in [0, 0.05) is 12.1 Å². The van der Waals surface area contributed by atoms with Crippen LogP contribution in [-0.2, 0) is 0 Å². The topological polar surface area (TPSA) is 44.5 Å². The molecule has 0 aliphatic heterocycles. The molecule has 3 heteroatoms. The fourth-order valence-electron chi connectivity index (χ4n) is 1.95. The number of hydrogen-bond donors (Lipinski definition) is 1. The van der Waals surface area contributed by atoms with Gasteiger partial charge in [-0.3, -0.25) is 0 Å². The third-order valence-electron chi connectivity index (χ3n) is 3.00. The Balaban J connectivity index is 2.22. The van der Waals surface area contributed by atoms with Crippen molar-refractivity contribution in [1.29, 1.82) is 0 Å². The minimum absolute atomic E-state index is 0.209. The first-order valence-corrected chi connectivity index (χ1v) is 6.31. The van der Waals surface area contributed by atoms with Crippen molar-refractivity contribution < 1.29 is 9.47 Å². The molecule has 0 aromatic heterocycles. The summed E-state index contributed by atoms with van der Waals surface area (Å²) in [6.45, 7) is 2.44. The highest BCUT2D eigenvalue weighted by atomic mass is 16.5. The van der Waals surface area contributed by atoms with Crippen LogP contribution < -0.4 is 15.2 Å². The maximum atomic E-state index is 5.94. The maximum Gasteiger partial charge on any atom is 0.139 e. The van der Waals surface area contributed by atoms with Crippen LogP contribution in [0.15, 0.2) is 48.5 Å². The van der Waals surface area contributed by atoms with Gasteiger partial charge >= 0.3 is 0 Å². The maximum absolute atomic E-state index is 5.94. The van der Waals surface area contributed by atoms with Gasteiger partial charge in [-0.15, -0.1) is 0 Å². The molecule has 0 amide bonds. The average Bonchev–Trinajstić information content (AvgIpc) is 2.46. The number of rotatable bonds is 5. The van der Waals surface area contributed by atoms with Crippen molar-refractivity contribution >= 4 is 0 Å². The number of benzene rings is 2. The third-order valence-corrected chi connectivity index (χ3v) is 3.00. The Bertz CT molecular complexity index is 523. The number of methoxy groups -OCH3 is 1. The van der Waals surface area contributed by atoms with Gasteiger partial charge in [-0.1, -0.05) is 35.9 Å². The normalized spacial score (nSPS) is 11.9. The molecule has 2 N–H and O–H groups in total. The second kappa shape index (κ2) is 6.25. The van der Waals surface area contributed by atoms with E-state index in [2.05, 4.69) is 0 Å². The van der Waals surface area contributed by atoms with E-state index in [1.165, 1.54) is 5.56 Å². The number of aryl methyl sites for hydroxylation is 1. The minimum Gasteiger partial charge on any atom is -0.496 e. The molecule has 0 aliphatic rings. The highest BCUT2D eigenvalue weighted by molar-refractivity contribution is 5.36. The molecule has 0 radical (unpaired) electrons. The number of ether oxygens (including phenoxy) is 2. The van der Waals surface area contributed by atoms with Crippen molar-refractivity contribution in [3.63, 3.8) is 0 Å². The highest BCUT2D eigenvalue weighted by Gasteiger charge is 2.15. The summed E-state index contributed by atoms with van der Waals surface area (Å²) in [7, 11) is 1.65. The minimum atomic E-state index is -0.209. The molecule has 0 aliphatic carbocycles. The lowest BCUT2D eigenvalue weighted by atomic mass is 10.1. The van der Waals surface area contributed by atoms with E-state index in [1.807, 2.05) is 55.5 Å². The fourth-order valence-corrected chi connectivity index (χ4v) is 1.95. The second-order valence-corrected chi connectivity index (χ2v) is 4.40. The third kappa shape index (κ3) is 3.26. The van der Waals surface area contributed by atoms with Crippen LogP contribution in [0, 0.1) is 6.92 Å². The fraction of sp³-hybridized carbons (Fsp3) is 0.250. The Kier molecular flexibility index (Phi) is 4.42. The van der Waals surface area contributed by atoms with E-state index in [1.54, 1.807) is 7.11 Å². The Morgan fingerprint density at radius 3 is 2.37 bits per heavy atom. The SMILES string of the molecule is COc1ccccc1C(CN)Oc1ccc(C)cc1. The Morgan fingerprint density at radius 1 is 1.05 bits per heavy atom. The van der Waals surface area contributed by atoms with Crippen LogP contribution in [-0.4, -0.2) is 13.7 Å². The summed E-state index contributed by atoms with van der Waals surface area (Å²) >= 11 is 0. The average molecular weight is 257 g/mol. The molecule has 1 unspecified atom stereocenters. The first-order chi connectivity index (χ1) is 9.24. The zero-order valence-electron chi connectivity index (χ0n) is 11.3.